The number of hydrogen-bond donors (Lipinski definition) is 0. The second-order valence-electron chi connectivity index (χ2n) is 23.6. The van der Waals surface area contributed by atoms with E-state index in [0.29, 0.717) is 0 Å². The zero-order chi connectivity index (χ0) is 50.5. The molecule has 5 aliphatic rings. The lowest BCUT2D eigenvalue weighted by atomic mass is 9.34. The van der Waals surface area contributed by atoms with Gasteiger partial charge in [-0.05, 0) is 176 Å². The highest BCUT2D eigenvalue weighted by molar-refractivity contribution is 7.14. The molecule has 4 saturated carbocycles. The van der Waals surface area contributed by atoms with Crippen LogP contribution in [0.1, 0.15) is 77.5 Å². The molecule has 364 valence electrons. The molecule has 1 aromatic heterocycles. The van der Waals surface area contributed by atoms with E-state index in [9.17, 15) is 0 Å². The molecule has 1 nitrogen and oxygen atoms in total. The van der Waals surface area contributed by atoms with Crippen LogP contribution in [0.3, 0.4) is 0 Å². The quantitative estimate of drug-likeness (QED) is 0.0930. The van der Waals surface area contributed by atoms with Crippen molar-refractivity contribution in [3.63, 3.8) is 0 Å². The van der Waals surface area contributed by atoms with Crippen LogP contribution < -0.4 is 31.9 Å². The second-order valence-corrected chi connectivity index (χ2v) is 27.4. The van der Waals surface area contributed by atoms with Crippen LogP contribution in [0.25, 0.3) is 44.2 Å². The van der Waals surface area contributed by atoms with E-state index < -0.39 is 8.07 Å². The number of aryl methyl sites for hydroxylation is 6. The van der Waals surface area contributed by atoms with Crippen molar-refractivity contribution in [2.45, 2.75) is 91.5 Å². The monoisotopic (exact) mass is 975 g/mol. The van der Waals surface area contributed by atoms with E-state index in [1.807, 2.05) is 0 Å². The van der Waals surface area contributed by atoms with E-state index in [0.717, 1.165) is 29.0 Å². The van der Waals surface area contributed by atoms with Gasteiger partial charge in [0.05, 0.1) is 0 Å². The first kappa shape index (κ1) is 46.8. The highest BCUT2D eigenvalue weighted by atomic mass is 28.3. The highest BCUT2D eigenvalue weighted by Crippen LogP contribution is 2.68. The molecule has 0 spiro atoms. The molecular formula is C71H67BOSi. The van der Waals surface area contributed by atoms with Crippen molar-refractivity contribution in [1.82, 2.24) is 0 Å². The summed E-state index contributed by atoms with van der Waals surface area (Å²) in [5.74, 6) is 1.49. The fraction of sp³-hybridized carbons (Fsp3) is 0.239. The van der Waals surface area contributed by atoms with Crippen LogP contribution in [-0.2, 0) is 5.41 Å². The van der Waals surface area contributed by atoms with Crippen molar-refractivity contribution in [2.75, 3.05) is 0 Å². The largest absolute Gasteiger partial charge is 0.456 e. The van der Waals surface area contributed by atoms with E-state index >= 15 is 0 Å². The molecule has 4 bridgehead atoms. The summed E-state index contributed by atoms with van der Waals surface area (Å²) in [4.78, 5) is 0. The van der Waals surface area contributed by atoms with Gasteiger partial charge in [0.25, 0.3) is 0 Å². The van der Waals surface area contributed by atoms with E-state index in [4.69, 9.17) is 4.42 Å². The topological polar surface area (TPSA) is 13.1 Å². The molecule has 0 saturated heterocycles. The third-order valence-corrected chi connectivity index (χ3v) is 23.6. The van der Waals surface area contributed by atoms with Gasteiger partial charge >= 0.3 is 0 Å². The molecule has 4 fully saturated rings. The Kier molecular flexibility index (Phi) is 11.3. The predicted molar refractivity (Wildman–Crippen MR) is 319 cm³/mol. The van der Waals surface area contributed by atoms with E-state index in [2.05, 4.69) is 236 Å². The van der Waals surface area contributed by atoms with Crippen LogP contribution in [0, 0.1) is 58.8 Å². The Morgan fingerprint density at radius 1 is 0.595 bits per heavy atom. The van der Waals surface area contributed by atoms with Crippen molar-refractivity contribution >= 4 is 68.7 Å². The zero-order valence-electron chi connectivity index (χ0n) is 44.2. The molecule has 4 aliphatic carbocycles. The fourth-order valence-corrected chi connectivity index (χ4v) is 21.4. The lowest BCUT2D eigenvalue weighted by molar-refractivity contribution is -0.0499. The molecular weight excluding hydrogens is 908 g/mol. The van der Waals surface area contributed by atoms with Gasteiger partial charge in [0.1, 0.15) is 11.2 Å². The highest BCUT2D eigenvalue weighted by Gasteiger charge is 2.59. The molecule has 9 aromatic rings. The van der Waals surface area contributed by atoms with Crippen LogP contribution in [0.2, 0.25) is 6.04 Å². The molecule has 0 amide bonds. The number of hydrogen-bond acceptors (Lipinski definition) is 1. The van der Waals surface area contributed by atoms with Gasteiger partial charge in [-0.1, -0.05) is 226 Å². The maximum absolute atomic E-state index is 6.61. The molecule has 0 radical (unpaired) electrons. The summed E-state index contributed by atoms with van der Waals surface area (Å²) in [7, 11) is -2.34. The summed E-state index contributed by atoms with van der Waals surface area (Å²) < 4.78 is 6.61. The van der Waals surface area contributed by atoms with Gasteiger partial charge < -0.3 is 4.42 Å². The second kappa shape index (κ2) is 17.9. The van der Waals surface area contributed by atoms with Crippen molar-refractivity contribution in [3.8, 4) is 22.3 Å². The van der Waals surface area contributed by atoms with Crippen LogP contribution in [0.4, 0.5) is 0 Å². The third kappa shape index (κ3) is 7.47. The van der Waals surface area contributed by atoms with Crippen LogP contribution >= 0.6 is 0 Å². The van der Waals surface area contributed by atoms with Crippen molar-refractivity contribution in [2.24, 2.45) is 17.3 Å². The standard InChI is InChI=1S/C71H67BOSi/c1-8-17-56(18-16-33-74(59-19-10-9-11-20-59)66-23-14-12-21-60(66)61-22-13-15-24-67(61)74)70-41-52-38-53(42-70)44-71(43-52,45-70)57-28-25-54(26-29-57)55-27-31-64-62(39-55)63-40-58(30-32-65(63)73-64)72(68-48(4)34-46(2)35-49(68)5)69-50(6)36-47(3)37-51(69)7/h8-32,34-37,39-40,52-53H,1,33,38,41-45H2,2-7H3/b18-16-,56-17+. The summed E-state index contributed by atoms with van der Waals surface area (Å²) in [5.41, 5.74) is 22.7. The van der Waals surface area contributed by atoms with E-state index in [1.165, 1.54) is 138 Å². The first-order valence-electron chi connectivity index (χ1n) is 27.4. The zero-order valence-corrected chi connectivity index (χ0v) is 45.2. The lowest BCUT2D eigenvalue weighted by Crippen LogP contribution is -2.64. The molecule has 2 atom stereocenters. The molecule has 74 heavy (non-hydrogen) atoms. The minimum atomic E-state index is -2.34. The minimum Gasteiger partial charge on any atom is -0.456 e. The first-order valence-corrected chi connectivity index (χ1v) is 29.6. The lowest BCUT2D eigenvalue weighted by Gasteiger charge is -2.63. The van der Waals surface area contributed by atoms with Crippen LogP contribution in [0.15, 0.2) is 205 Å². The Morgan fingerprint density at radius 2 is 1.14 bits per heavy atom. The molecule has 2 heterocycles. The Bertz CT molecular complexity index is 3610. The summed E-state index contributed by atoms with van der Waals surface area (Å²) in [6.07, 6.45) is 17.4. The summed E-state index contributed by atoms with van der Waals surface area (Å²) in [5, 5.41) is 6.95. The van der Waals surface area contributed by atoms with Gasteiger partial charge in [0.2, 0.25) is 6.71 Å². The fourth-order valence-electron chi connectivity index (χ4n) is 16.5. The number of allylic oxidation sites excluding steroid dienone is 5. The molecule has 2 unspecified atom stereocenters. The Labute approximate surface area is 440 Å². The Hall–Kier alpha value is -6.94. The van der Waals surface area contributed by atoms with Crippen molar-refractivity contribution in [3.05, 3.63) is 239 Å². The van der Waals surface area contributed by atoms with Gasteiger partial charge in [-0.2, -0.15) is 0 Å². The third-order valence-electron chi connectivity index (χ3n) is 18.7. The number of furan rings is 1. The van der Waals surface area contributed by atoms with Crippen LogP contribution in [-0.4, -0.2) is 14.8 Å². The maximum Gasteiger partial charge on any atom is 0.242 e. The average Bonchev–Trinajstić information content (AvgIpc) is 3.90. The summed E-state index contributed by atoms with van der Waals surface area (Å²) in [6, 6.07) is 64.1. The molecule has 1 aliphatic heterocycles. The molecule has 0 N–H and O–H groups in total. The Morgan fingerprint density at radius 3 is 1.73 bits per heavy atom. The molecule has 14 rings (SSSR count). The minimum absolute atomic E-state index is 0.103. The average molecular weight is 975 g/mol. The SMILES string of the molecule is C=C/C=C(\C=C/C[Si]1(c2ccccc2)c2ccccc2-c2ccccc21)C12CC3CC(C1)CC(c1ccc(-c4ccc5oc6ccc(B(c7c(C)cc(C)cc7C)c7c(C)cc(C)cc7C)cc6c5c4)cc1)(C3)C2. The van der Waals surface area contributed by atoms with Gasteiger partial charge in [-0.15, -0.1) is 0 Å². The van der Waals surface area contributed by atoms with E-state index in [-0.39, 0.29) is 17.5 Å². The molecule has 8 aromatic carbocycles. The van der Waals surface area contributed by atoms with Gasteiger partial charge in [0.15, 0.2) is 8.07 Å². The Balaban J connectivity index is 0.825. The van der Waals surface area contributed by atoms with Crippen molar-refractivity contribution < 1.29 is 4.42 Å². The number of fused-ring (bicyclic) bond motifs is 6. The van der Waals surface area contributed by atoms with Crippen LogP contribution in [0.5, 0.6) is 0 Å². The van der Waals surface area contributed by atoms with Crippen molar-refractivity contribution in [1.29, 1.82) is 0 Å². The number of benzene rings is 8. The normalized spacial score (nSPS) is 21.4. The predicted octanol–water partition coefficient (Wildman–Crippen LogP) is 14.3. The smallest absolute Gasteiger partial charge is 0.242 e. The van der Waals surface area contributed by atoms with Gasteiger partial charge in [-0.25, -0.2) is 0 Å². The summed E-state index contributed by atoms with van der Waals surface area (Å²) >= 11 is 0. The molecule has 3 heteroatoms. The maximum atomic E-state index is 6.61. The first-order chi connectivity index (χ1) is 36.0. The number of rotatable bonds is 11. The van der Waals surface area contributed by atoms with Gasteiger partial charge in [-0.3, -0.25) is 0 Å². The van der Waals surface area contributed by atoms with Gasteiger partial charge in [0, 0.05) is 10.8 Å². The summed E-state index contributed by atoms with van der Waals surface area (Å²) in [6.45, 7) is 18.0. The van der Waals surface area contributed by atoms with E-state index in [1.54, 1.807) is 10.4 Å².